The molecule has 45 heavy (non-hydrogen) atoms. The number of nitro benzene ring substituents is 1. The zero-order chi connectivity index (χ0) is 32.6. The molecule has 1 atom stereocenters. The molecule has 1 aliphatic rings. The lowest BCUT2D eigenvalue weighted by Gasteiger charge is -2.24. The van der Waals surface area contributed by atoms with E-state index in [0.29, 0.717) is 56.5 Å². The van der Waals surface area contributed by atoms with Crippen molar-refractivity contribution in [3.63, 3.8) is 0 Å². The molecule has 0 saturated heterocycles. The Balaban J connectivity index is 1.58. The Bertz CT molecular complexity index is 2070. The zero-order valence-electron chi connectivity index (χ0n) is 23.9. The van der Waals surface area contributed by atoms with Crippen LogP contribution in [0.5, 0.6) is 5.75 Å². The topological polar surface area (TPSA) is 113 Å². The van der Waals surface area contributed by atoms with Gasteiger partial charge in [0.1, 0.15) is 12.4 Å². The second-order valence-corrected chi connectivity index (χ2v) is 13.5. The van der Waals surface area contributed by atoms with Gasteiger partial charge in [0.15, 0.2) is 4.80 Å². The van der Waals surface area contributed by atoms with E-state index in [-0.39, 0.29) is 24.5 Å². The lowest BCUT2D eigenvalue weighted by atomic mass is 9.94. The van der Waals surface area contributed by atoms with Gasteiger partial charge in [0.25, 0.3) is 11.2 Å². The van der Waals surface area contributed by atoms with Gasteiger partial charge in [-0.25, -0.2) is 9.79 Å². The average molecular weight is 796 g/mol. The molecular weight excluding hydrogens is 773 g/mol. The second-order valence-electron chi connectivity index (χ2n) is 9.94. The molecule has 9 nitrogen and oxygen atoms in total. The number of allylic oxidation sites excluding steroid dienone is 1. The summed E-state index contributed by atoms with van der Waals surface area (Å²) < 4.78 is 14.3. The molecule has 0 aliphatic carbocycles. The first-order valence-electron chi connectivity index (χ1n) is 13.4. The highest BCUT2D eigenvalue weighted by Crippen LogP contribution is 2.37. The van der Waals surface area contributed by atoms with Crippen LogP contribution in [0.2, 0.25) is 10.0 Å². The number of aryl methyl sites for hydroxylation is 1. The Morgan fingerprint density at radius 3 is 2.49 bits per heavy atom. The maximum absolute atomic E-state index is 14.0. The van der Waals surface area contributed by atoms with Crippen molar-refractivity contribution < 1.29 is 19.2 Å². The van der Waals surface area contributed by atoms with Crippen LogP contribution in [0, 0.1) is 17.0 Å². The normalized spacial score (nSPS) is 14.6. The Kier molecular flexibility index (Phi) is 10.00. The molecule has 0 radical (unpaired) electrons. The number of carbonyl (C=O) groups excluding carboxylic acids is 1. The number of nitrogens with zero attached hydrogens (tertiary/aromatic N) is 3. The highest BCUT2D eigenvalue weighted by atomic mass is 79.9. The SMILES string of the molecule is CCOC(=O)C1=C(C)N=c2s/c(=C/c3cc(Br)c(OCc4ccc(Cl)cc4Cl)c(Br)c3)c(=O)n2[C@H]1c1ccc(C)c([N+](=O)[O-])c1. The van der Waals surface area contributed by atoms with E-state index in [4.69, 9.17) is 32.7 Å². The molecule has 1 aliphatic heterocycles. The number of carbonyl (C=O) groups is 1. The van der Waals surface area contributed by atoms with Gasteiger partial charge in [0.2, 0.25) is 0 Å². The van der Waals surface area contributed by atoms with Crippen molar-refractivity contribution in [2.45, 2.75) is 33.4 Å². The predicted octanol–water partition coefficient (Wildman–Crippen LogP) is 7.43. The molecule has 0 saturated carbocycles. The number of hydrogen-bond donors (Lipinski definition) is 0. The molecule has 0 spiro atoms. The number of fused-ring (bicyclic) bond motifs is 1. The maximum Gasteiger partial charge on any atom is 0.338 e. The molecule has 1 aromatic heterocycles. The van der Waals surface area contributed by atoms with Crippen molar-refractivity contribution >= 4 is 84.1 Å². The lowest BCUT2D eigenvalue weighted by molar-refractivity contribution is -0.385. The standard InChI is InChI=1S/C31H23Br2Cl2N3O6S/c1-4-43-30(40)26-16(3)36-31-37(27(26)18-6-5-15(2)24(12-18)38(41)42)29(39)25(45-31)11-17-9-21(32)28(22(33)10-17)44-14-19-7-8-20(34)13-23(19)35/h5-13,27H,4,14H2,1-3H3/b25-11+/t27-/m0/s1. The van der Waals surface area contributed by atoms with Gasteiger partial charge >= 0.3 is 5.97 Å². The molecule has 0 amide bonds. The van der Waals surface area contributed by atoms with Gasteiger partial charge in [-0.15, -0.1) is 0 Å². The molecule has 0 bridgehead atoms. The van der Waals surface area contributed by atoms with E-state index in [9.17, 15) is 19.7 Å². The van der Waals surface area contributed by atoms with E-state index in [1.165, 1.54) is 10.6 Å². The van der Waals surface area contributed by atoms with Gasteiger partial charge in [-0.1, -0.05) is 52.7 Å². The third-order valence-corrected chi connectivity index (χ3v) is 9.72. The average Bonchev–Trinajstić information content (AvgIpc) is 3.26. The number of aromatic nitrogens is 1. The highest BCUT2D eigenvalue weighted by Gasteiger charge is 2.34. The number of halogens is 4. The second kappa shape index (κ2) is 13.6. The van der Waals surface area contributed by atoms with Crippen molar-refractivity contribution in [3.05, 3.63) is 131 Å². The molecule has 0 unspecified atom stereocenters. The van der Waals surface area contributed by atoms with Gasteiger partial charge in [0.05, 0.1) is 42.3 Å². The largest absolute Gasteiger partial charge is 0.486 e. The smallest absolute Gasteiger partial charge is 0.338 e. The van der Waals surface area contributed by atoms with Gasteiger partial charge < -0.3 is 9.47 Å². The summed E-state index contributed by atoms with van der Waals surface area (Å²) >= 11 is 20.6. The number of benzene rings is 3. The summed E-state index contributed by atoms with van der Waals surface area (Å²) in [4.78, 5) is 43.3. The van der Waals surface area contributed by atoms with Crippen molar-refractivity contribution in [2.75, 3.05) is 6.61 Å². The summed E-state index contributed by atoms with van der Waals surface area (Å²) in [6, 6.07) is 12.5. The summed E-state index contributed by atoms with van der Waals surface area (Å²) in [6.07, 6.45) is 1.71. The molecule has 0 N–H and O–H groups in total. The molecule has 4 aromatic rings. The molecule has 5 rings (SSSR count). The third-order valence-electron chi connectivity index (χ3n) is 6.97. The van der Waals surface area contributed by atoms with E-state index in [1.807, 2.05) is 0 Å². The van der Waals surface area contributed by atoms with Crippen LogP contribution in [0.1, 0.15) is 42.1 Å². The summed E-state index contributed by atoms with van der Waals surface area (Å²) in [5.41, 5.74) is 2.26. The number of ether oxygens (including phenoxy) is 2. The molecular formula is C31H23Br2Cl2N3O6S. The summed E-state index contributed by atoms with van der Waals surface area (Å²) in [5.74, 6) is -0.111. The first kappa shape index (κ1) is 33.1. The van der Waals surface area contributed by atoms with Crippen LogP contribution in [-0.2, 0) is 16.1 Å². The van der Waals surface area contributed by atoms with Gasteiger partial charge in [-0.3, -0.25) is 19.5 Å². The Morgan fingerprint density at radius 1 is 1.13 bits per heavy atom. The van der Waals surface area contributed by atoms with E-state index in [1.54, 1.807) is 69.3 Å². The van der Waals surface area contributed by atoms with E-state index in [0.717, 1.165) is 16.9 Å². The molecule has 14 heteroatoms. The van der Waals surface area contributed by atoms with E-state index >= 15 is 0 Å². The number of hydrogen-bond acceptors (Lipinski definition) is 8. The fourth-order valence-corrected chi connectivity index (χ4v) is 7.80. The minimum atomic E-state index is -0.976. The Labute approximate surface area is 287 Å². The van der Waals surface area contributed by atoms with Crippen LogP contribution in [-0.4, -0.2) is 22.1 Å². The first-order valence-corrected chi connectivity index (χ1v) is 16.6. The fourth-order valence-electron chi connectivity index (χ4n) is 4.84. The minimum Gasteiger partial charge on any atom is -0.486 e. The fraction of sp³-hybridized carbons (Fsp3) is 0.194. The van der Waals surface area contributed by atoms with Crippen LogP contribution in [0.3, 0.4) is 0 Å². The summed E-state index contributed by atoms with van der Waals surface area (Å²) in [5, 5.41) is 12.8. The summed E-state index contributed by atoms with van der Waals surface area (Å²) in [7, 11) is 0. The predicted molar refractivity (Wildman–Crippen MR) is 181 cm³/mol. The Morgan fingerprint density at radius 2 is 1.84 bits per heavy atom. The van der Waals surface area contributed by atoms with Crippen molar-refractivity contribution in [2.24, 2.45) is 4.99 Å². The maximum atomic E-state index is 14.0. The molecule has 2 heterocycles. The molecule has 3 aromatic carbocycles. The van der Waals surface area contributed by atoms with Crippen LogP contribution in [0.15, 0.2) is 78.5 Å². The van der Waals surface area contributed by atoms with Gasteiger partial charge in [-0.05, 0) is 94.1 Å². The molecule has 232 valence electrons. The number of thiazole rings is 1. The lowest BCUT2D eigenvalue weighted by Crippen LogP contribution is -2.40. The van der Waals surface area contributed by atoms with E-state index < -0.39 is 22.5 Å². The van der Waals surface area contributed by atoms with Crippen molar-refractivity contribution in [1.82, 2.24) is 4.57 Å². The Hall–Kier alpha value is -3.29. The van der Waals surface area contributed by atoms with Crippen LogP contribution in [0.25, 0.3) is 6.08 Å². The zero-order valence-corrected chi connectivity index (χ0v) is 29.4. The number of rotatable bonds is 8. The van der Waals surface area contributed by atoms with E-state index in [2.05, 4.69) is 36.9 Å². The highest BCUT2D eigenvalue weighted by molar-refractivity contribution is 9.11. The van der Waals surface area contributed by atoms with Gasteiger partial charge in [-0.2, -0.15) is 0 Å². The first-order chi connectivity index (χ1) is 21.4. The molecule has 0 fully saturated rings. The monoisotopic (exact) mass is 793 g/mol. The van der Waals surface area contributed by atoms with Crippen LogP contribution < -0.4 is 19.6 Å². The minimum absolute atomic E-state index is 0.108. The van der Waals surface area contributed by atoms with Crippen molar-refractivity contribution in [3.8, 4) is 5.75 Å². The number of esters is 1. The van der Waals surface area contributed by atoms with Gasteiger partial charge in [0, 0.05) is 27.2 Å². The third kappa shape index (κ3) is 6.80. The number of nitro groups is 1. The van der Waals surface area contributed by atoms with Crippen LogP contribution >= 0.6 is 66.4 Å². The van der Waals surface area contributed by atoms with Crippen LogP contribution in [0.4, 0.5) is 5.69 Å². The summed E-state index contributed by atoms with van der Waals surface area (Å²) in [6.45, 7) is 5.26. The van der Waals surface area contributed by atoms with Crippen molar-refractivity contribution in [1.29, 1.82) is 0 Å². The quantitative estimate of drug-likeness (QED) is 0.104.